The summed E-state index contributed by atoms with van der Waals surface area (Å²) in [5, 5.41) is 0. The maximum Gasteiger partial charge on any atom is 0.237 e. The SMILES string of the molecule is O=C(CCC1CCCC1)N1CCN(CC(=O)N2CCc3ccccc3C2)CC1. The van der Waals surface area contributed by atoms with E-state index >= 15 is 0 Å². The number of nitrogens with zero attached hydrogens (tertiary/aromatic N) is 3. The average molecular weight is 384 g/mol. The molecular weight excluding hydrogens is 350 g/mol. The van der Waals surface area contributed by atoms with Gasteiger partial charge in [0.15, 0.2) is 0 Å². The summed E-state index contributed by atoms with van der Waals surface area (Å²) in [4.78, 5) is 31.4. The Bertz CT molecular complexity index is 691. The molecule has 0 unspecified atom stereocenters. The molecule has 2 amide bonds. The highest BCUT2D eigenvalue weighted by molar-refractivity contribution is 5.79. The number of piperazine rings is 1. The Hall–Kier alpha value is -1.88. The Morgan fingerprint density at radius 3 is 2.32 bits per heavy atom. The van der Waals surface area contributed by atoms with Gasteiger partial charge in [0, 0.05) is 45.7 Å². The normalized spacial score (nSPS) is 21.0. The van der Waals surface area contributed by atoms with Crippen molar-refractivity contribution in [2.75, 3.05) is 39.3 Å². The van der Waals surface area contributed by atoms with E-state index in [4.69, 9.17) is 0 Å². The van der Waals surface area contributed by atoms with Gasteiger partial charge in [-0.15, -0.1) is 0 Å². The molecule has 0 aromatic heterocycles. The summed E-state index contributed by atoms with van der Waals surface area (Å²) in [5.41, 5.74) is 2.65. The van der Waals surface area contributed by atoms with Crippen LogP contribution in [0.3, 0.4) is 0 Å². The van der Waals surface area contributed by atoms with E-state index in [1.54, 1.807) is 0 Å². The molecule has 5 nitrogen and oxygen atoms in total. The maximum absolute atomic E-state index is 12.7. The van der Waals surface area contributed by atoms with Crippen molar-refractivity contribution < 1.29 is 9.59 Å². The third kappa shape index (κ3) is 4.75. The van der Waals surface area contributed by atoms with Gasteiger partial charge >= 0.3 is 0 Å². The molecule has 3 aliphatic rings. The van der Waals surface area contributed by atoms with Crippen molar-refractivity contribution in [2.24, 2.45) is 5.92 Å². The predicted octanol–water partition coefficient (Wildman–Crippen LogP) is 2.69. The maximum atomic E-state index is 12.7. The van der Waals surface area contributed by atoms with E-state index in [2.05, 4.69) is 29.2 Å². The lowest BCUT2D eigenvalue weighted by molar-refractivity contribution is -0.135. The van der Waals surface area contributed by atoms with Crippen LogP contribution in [-0.2, 0) is 22.6 Å². The van der Waals surface area contributed by atoms with Crippen molar-refractivity contribution in [3.63, 3.8) is 0 Å². The third-order valence-corrected chi connectivity index (χ3v) is 6.81. The lowest BCUT2D eigenvalue weighted by atomic mass is 10.00. The topological polar surface area (TPSA) is 43.9 Å². The van der Waals surface area contributed by atoms with Gasteiger partial charge in [-0.1, -0.05) is 49.9 Å². The molecule has 0 radical (unpaired) electrons. The van der Waals surface area contributed by atoms with Gasteiger partial charge in [-0.2, -0.15) is 0 Å². The van der Waals surface area contributed by atoms with Crippen LogP contribution >= 0.6 is 0 Å². The second-order valence-corrected chi connectivity index (χ2v) is 8.68. The molecule has 28 heavy (non-hydrogen) atoms. The minimum Gasteiger partial charge on any atom is -0.340 e. The number of hydrogen-bond acceptors (Lipinski definition) is 3. The van der Waals surface area contributed by atoms with Crippen LogP contribution in [0.5, 0.6) is 0 Å². The lowest BCUT2D eigenvalue weighted by Crippen LogP contribution is -2.52. The fraction of sp³-hybridized carbons (Fsp3) is 0.652. The third-order valence-electron chi connectivity index (χ3n) is 6.81. The summed E-state index contributed by atoms with van der Waals surface area (Å²) in [7, 11) is 0. The molecule has 2 heterocycles. The lowest BCUT2D eigenvalue weighted by Gasteiger charge is -2.36. The Morgan fingerprint density at radius 1 is 0.857 bits per heavy atom. The van der Waals surface area contributed by atoms with Gasteiger partial charge in [-0.25, -0.2) is 0 Å². The zero-order valence-electron chi connectivity index (χ0n) is 16.9. The van der Waals surface area contributed by atoms with Crippen LogP contribution < -0.4 is 0 Å². The number of carbonyl (C=O) groups is 2. The summed E-state index contributed by atoms with van der Waals surface area (Å²) >= 11 is 0. The van der Waals surface area contributed by atoms with Crippen molar-refractivity contribution in [1.29, 1.82) is 0 Å². The number of benzene rings is 1. The van der Waals surface area contributed by atoms with Crippen LogP contribution in [0.15, 0.2) is 24.3 Å². The number of rotatable bonds is 5. The molecule has 0 spiro atoms. The van der Waals surface area contributed by atoms with Crippen molar-refractivity contribution >= 4 is 11.8 Å². The number of hydrogen-bond donors (Lipinski definition) is 0. The van der Waals surface area contributed by atoms with E-state index in [9.17, 15) is 9.59 Å². The molecule has 5 heteroatoms. The standard InChI is InChI=1S/C23H33N3O2/c27-22(10-9-19-5-1-2-6-19)25-15-13-24(14-16-25)18-23(28)26-12-11-20-7-3-4-8-21(20)17-26/h3-4,7-8,19H,1-2,5-6,9-18H2. The first kappa shape index (κ1) is 19.4. The van der Waals surface area contributed by atoms with Gasteiger partial charge in [0.05, 0.1) is 6.54 Å². The first-order chi connectivity index (χ1) is 13.7. The molecule has 2 aliphatic heterocycles. The number of amides is 2. The average Bonchev–Trinajstić information content (AvgIpc) is 3.26. The Labute approximate surface area is 168 Å². The molecule has 1 aliphatic carbocycles. The molecule has 2 fully saturated rings. The van der Waals surface area contributed by atoms with Crippen LogP contribution in [0.2, 0.25) is 0 Å². The number of carbonyl (C=O) groups excluding carboxylic acids is 2. The minimum absolute atomic E-state index is 0.218. The number of fused-ring (bicyclic) bond motifs is 1. The van der Waals surface area contributed by atoms with Crippen LogP contribution in [0, 0.1) is 5.92 Å². The van der Waals surface area contributed by atoms with Crippen LogP contribution in [0.25, 0.3) is 0 Å². The smallest absolute Gasteiger partial charge is 0.237 e. The van der Waals surface area contributed by atoms with Crippen molar-refractivity contribution in [3.05, 3.63) is 35.4 Å². The fourth-order valence-electron chi connectivity index (χ4n) is 4.94. The summed E-state index contributed by atoms with van der Waals surface area (Å²) in [6, 6.07) is 8.42. The van der Waals surface area contributed by atoms with Crippen LogP contribution in [0.4, 0.5) is 0 Å². The summed E-state index contributed by atoms with van der Waals surface area (Å²) in [5.74, 6) is 1.30. The summed E-state index contributed by atoms with van der Waals surface area (Å²) in [6.07, 6.45) is 8.02. The second-order valence-electron chi connectivity index (χ2n) is 8.68. The molecule has 0 bridgehead atoms. The Kier molecular flexibility index (Phi) is 6.30. The molecule has 1 saturated carbocycles. The van der Waals surface area contributed by atoms with E-state index < -0.39 is 0 Å². The fourth-order valence-corrected chi connectivity index (χ4v) is 4.94. The highest BCUT2D eigenvalue weighted by Crippen LogP contribution is 2.28. The van der Waals surface area contributed by atoms with Gasteiger partial charge in [-0.05, 0) is 29.9 Å². The highest BCUT2D eigenvalue weighted by Gasteiger charge is 2.26. The van der Waals surface area contributed by atoms with Crippen molar-refractivity contribution in [2.45, 2.75) is 51.5 Å². The quantitative estimate of drug-likeness (QED) is 0.785. The summed E-state index contributed by atoms with van der Waals surface area (Å²) < 4.78 is 0. The van der Waals surface area contributed by atoms with Gasteiger partial charge in [0.2, 0.25) is 11.8 Å². The van der Waals surface area contributed by atoms with Crippen LogP contribution in [0.1, 0.15) is 49.7 Å². The van der Waals surface area contributed by atoms with E-state index in [0.717, 1.165) is 58.0 Å². The highest BCUT2D eigenvalue weighted by atomic mass is 16.2. The van der Waals surface area contributed by atoms with E-state index in [0.29, 0.717) is 18.9 Å². The molecule has 152 valence electrons. The molecular formula is C23H33N3O2. The summed E-state index contributed by atoms with van der Waals surface area (Å²) in [6.45, 7) is 5.17. The van der Waals surface area contributed by atoms with Gasteiger partial charge in [0.1, 0.15) is 0 Å². The Morgan fingerprint density at radius 2 is 1.57 bits per heavy atom. The minimum atomic E-state index is 0.218. The van der Waals surface area contributed by atoms with E-state index in [1.165, 1.54) is 36.8 Å². The molecule has 0 N–H and O–H groups in total. The van der Waals surface area contributed by atoms with Crippen LogP contribution in [-0.4, -0.2) is 65.8 Å². The van der Waals surface area contributed by atoms with Gasteiger partial charge in [0.25, 0.3) is 0 Å². The zero-order chi connectivity index (χ0) is 19.3. The van der Waals surface area contributed by atoms with Crippen molar-refractivity contribution in [1.82, 2.24) is 14.7 Å². The first-order valence-corrected chi connectivity index (χ1v) is 11.0. The second kappa shape index (κ2) is 9.08. The van der Waals surface area contributed by atoms with Gasteiger partial charge < -0.3 is 9.80 Å². The molecule has 1 saturated heterocycles. The van der Waals surface area contributed by atoms with E-state index in [1.807, 2.05) is 9.80 Å². The Balaban J connectivity index is 1.19. The molecule has 4 rings (SSSR count). The van der Waals surface area contributed by atoms with Gasteiger partial charge in [-0.3, -0.25) is 14.5 Å². The monoisotopic (exact) mass is 383 g/mol. The zero-order valence-corrected chi connectivity index (χ0v) is 16.9. The largest absolute Gasteiger partial charge is 0.340 e. The van der Waals surface area contributed by atoms with E-state index in [-0.39, 0.29) is 5.91 Å². The predicted molar refractivity (Wildman–Crippen MR) is 110 cm³/mol. The molecule has 1 aromatic carbocycles. The molecule has 0 atom stereocenters. The van der Waals surface area contributed by atoms with Crippen molar-refractivity contribution in [3.8, 4) is 0 Å². The molecule has 1 aromatic rings. The first-order valence-electron chi connectivity index (χ1n) is 11.0.